The molecule has 7 heteroatoms. The van der Waals surface area contributed by atoms with Crippen LogP contribution in [-0.2, 0) is 4.43 Å². The number of nitrogens with zero attached hydrogens (tertiary/aromatic N) is 3. The van der Waals surface area contributed by atoms with E-state index in [9.17, 15) is 0 Å². The van der Waals surface area contributed by atoms with Crippen LogP contribution < -0.4 is 0 Å². The molecule has 1 aliphatic carbocycles. The van der Waals surface area contributed by atoms with Crippen molar-refractivity contribution < 1.29 is 4.43 Å². The highest BCUT2D eigenvalue weighted by atomic mass is 79.9. The molecule has 0 saturated heterocycles. The van der Waals surface area contributed by atoms with Gasteiger partial charge in [-0.05, 0) is 71.3 Å². The van der Waals surface area contributed by atoms with Gasteiger partial charge in [-0.3, -0.25) is 0 Å². The van der Waals surface area contributed by atoms with Crippen LogP contribution in [0.5, 0.6) is 0 Å². The lowest BCUT2D eigenvalue weighted by Crippen LogP contribution is -2.44. The fourth-order valence-electron chi connectivity index (χ4n) is 3.28. The molecule has 2 heterocycles. The normalized spacial score (nSPS) is 22.5. The van der Waals surface area contributed by atoms with Crippen molar-refractivity contribution in [2.45, 2.75) is 76.7 Å². The molecule has 138 valence electrons. The molecule has 0 N–H and O–H groups in total. The molecule has 0 atom stereocenters. The van der Waals surface area contributed by atoms with Crippen LogP contribution >= 0.6 is 27.5 Å². The second kappa shape index (κ2) is 6.95. The van der Waals surface area contributed by atoms with Crippen LogP contribution in [0.15, 0.2) is 16.9 Å². The second-order valence-corrected chi connectivity index (χ2v) is 14.5. The van der Waals surface area contributed by atoms with Crippen molar-refractivity contribution in [1.29, 1.82) is 0 Å². The lowest BCUT2D eigenvalue weighted by Gasteiger charge is -2.41. The zero-order valence-corrected chi connectivity index (χ0v) is 19.0. The fourth-order valence-corrected chi connectivity index (χ4v) is 5.33. The number of hydrogen-bond donors (Lipinski definition) is 0. The molecule has 4 nitrogen and oxygen atoms in total. The maximum atomic E-state index is 6.61. The van der Waals surface area contributed by atoms with E-state index in [1.165, 1.54) is 0 Å². The molecule has 0 aliphatic heterocycles. The van der Waals surface area contributed by atoms with Crippen molar-refractivity contribution in [1.82, 2.24) is 14.5 Å². The summed E-state index contributed by atoms with van der Waals surface area (Å²) in [6.07, 6.45) is 8.72. The van der Waals surface area contributed by atoms with Gasteiger partial charge in [-0.25, -0.2) is 4.98 Å². The fraction of sp³-hybridized carbons (Fsp3) is 0.667. The first-order chi connectivity index (χ1) is 11.6. The van der Waals surface area contributed by atoms with E-state index in [2.05, 4.69) is 70.5 Å². The summed E-state index contributed by atoms with van der Waals surface area (Å²) in [5, 5.41) is 1.58. The van der Waals surface area contributed by atoms with Gasteiger partial charge in [0.2, 0.25) is 5.28 Å². The maximum Gasteiger partial charge on any atom is 0.224 e. The number of hydrogen-bond acceptors (Lipinski definition) is 3. The van der Waals surface area contributed by atoms with E-state index in [0.29, 0.717) is 17.4 Å². The van der Waals surface area contributed by atoms with Crippen molar-refractivity contribution in [3.8, 4) is 0 Å². The Bertz CT molecular complexity index is 764. The van der Waals surface area contributed by atoms with E-state index in [-0.39, 0.29) is 5.04 Å². The summed E-state index contributed by atoms with van der Waals surface area (Å²) < 4.78 is 9.90. The number of halogens is 2. The average molecular weight is 445 g/mol. The monoisotopic (exact) mass is 443 g/mol. The molecule has 0 bridgehead atoms. The molecule has 0 unspecified atom stereocenters. The standard InChI is InChI=1S/C18H27BrClN3OSi/c1-18(2,3)25(4,5)24-13-8-6-12(7-9-13)23-11-15(19)14-10-21-17(20)22-16(14)23/h10-13H,6-9H2,1-5H3. The van der Waals surface area contributed by atoms with Gasteiger partial charge in [0, 0.05) is 29.0 Å². The highest BCUT2D eigenvalue weighted by Crippen LogP contribution is 2.41. The summed E-state index contributed by atoms with van der Waals surface area (Å²) in [4.78, 5) is 8.54. The van der Waals surface area contributed by atoms with E-state index in [0.717, 1.165) is 41.2 Å². The highest BCUT2D eigenvalue weighted by molar-refractivity contribution is 9.10. The van der Waals surface area contributed by atoms with Crippen LogP contribution in [0.1, 0.15) is 52.5 Å². The molecule has 0 amide bonds. The first kappa shape index (κ1) is 19.3. The zero-order valence-electron chi connectivity index (χ0n) is 15.6. The summed E-state index contributed by atoms with van der Waals surface area (Å²) >= 11 is 9.63. The summed E-state index contributed by atoms with van der Waals surface area (Å²) in [7, 11) is -1.69. The van der Waals surface area contributed by atoms with Crippen molar-refractivity contribution in [2.75, 3.05) is 0 Å². The van der Waals surface area contributed by atoms with Crippen molar-refractivity contribution in [2.24, 2.45) is 0 Å². The van der Waals surface area contributed by atoms with Crippen LogP contribution in [0.25, 0.3) is 11.0 Å². The van der Waals surface area contributed by atoms with Crippen molar-refractivity contribution in [3.05, 3.63) is 22.1 Å². The Morgan fingerprint density at radius 1 is 1.24 bits per heavy atom. The Kier molecular flexibility index (Phi) is 5.37. The third-order valence-electron chi connectivity index (χ3n) is 5.80. The van der Waals surface area contributed by atoms with Gasteiger partial charge in [0.25, 0.3) is 0 Å². The van der Waals surface area contributed by atoms with Gasteiger partial charge in [0.05, 0.1) is 5.39 Å². The van der Waals surface area contributed by atoms with E-state index in [1.54, 1.807) is 6.20 Å². The Hall–Kier alpha value is -0.433. The van der Waals surface area contributed by atoms with Gasteiger partial charge < -0.3 is 8.99 Å². The van der Waals surface area contributed by atoms with Crippen LogP contribution in [0, 0.1) is 0 Å². The molecule has 0 aromatic carbocycles. The van der Waals surface area contributed by atoms with Crippen LogP contribution in [0.2, 0.25) is 23.4 Å². The smallest absolute Gasteiger partial charge is 0.224 e. The molecule has 1 aliphatic rings. The van der Waals surface area contributed by atoms with Gasteiger partial charge in [-0.2, -0.15) is 4.98 Å². The van der Waals surface area contributed by atoms with E-state index in [4.69, 9.17) is 16.0 Å². The lowest BCUT2D eigenvalue weighted by atomic mass is 9.93. The minimum atomic E-state index is -1.69. The van der Waals surface area contributed by atoms with Crippen LogP contribution in [-0.4, -0.2) is 29.0 Å². The van der Waals surface area contributed by atoms with Gasteiger partial charge in [0.15, 0.2) is 8.32 Å². The van der Waals surface area contributed by atoms with Gasteiger partial charge in [0.1, 0.15) is 5.65 Å². The molecule has 1 saturated carbocycles. The molecule has 2 aromatic rings. The molecule has 2 aromatic heterocycles. The molecule has 25 heavy (non-hydrogen) atoms. The van der Waals surface area contributed by atoms with E-state index < -0.39 is 8.32 Å². The molecule has 0 spiro atoms. The maximum absolute atomic E-state index is 6.61. The van der Waals surface area contributed by atoms with Crippen LogP contribution in [0.3, 0.4) is 0 Å². The van der Waals surface area contributed by atoms with E-state index >= 15 is 0 Å². The Labute approximate surface area is 164 Å². The molecule has 3 rings (SSSR count). The second-order valence-electron chi connectivity index (χ2n) is 8.57. The van der Waals surface area contributed by atoms with Crippen LogP contribution in [0.4, 0.5) is 0 Å². The lowest BCUT2D eigenvalue weighted by molar-refractivity contribution is 0.119. The molecule has 1 fully saturated rings. The number of aromatic nitrogens is 3. The van der Waals surface area contributed by atoms with Gasteiger partial charge in [-0.15, -0.1) is 0 Å². The predicted molar refractivity (Wildman–Crippen MR) is 110 cm³/mol. The predicted octanol–water partition coefficient (Wildman–Crippen LogP) is 6.35. The zero-order chi connectivity index (χ0) is 18.4. The largest absolute Gasteiger partial charge is 0.414 e. The topological polar surface area (TPSA) is 39.9 Å². The summed E-state index contributed by atoms with van der Waals surface area (Å²) in [6, 6.07) is 0.444. The van der Waals surface area contributed by atoms with Gasteiger partial charge in [-0.1, -0.05) is 20.8 Å². The Morgan fingerprint density at radius 3 is 2.48 bits per heavy atom. The quantitative estimate of drug-likeness (QED) is 0.409. The van der Waals surface area contributed by atoms with Crippen molar-refractivity contribution in [3.63, 3.8) is 0 Å². The minimum absolute atomic E-state index is 0.263. The molecular formula is C18H27BrClN3OSi. The average Bonchev–Trinajstić information content (AvgIpc) is 2.83. The summed E-state index contributed by atoms with van der Waals surface area (Å²) in [5.74, 6) is 0. The minimum Gasteiger partial charge on any atom is -0.414 e. The third kappa shape index (κ3) is 3.97. The number of rotatable bonds is 3. The van der Waals surface area contributed by atoms with Crippen molar-refractivity contribution >= 4 is 46.9 Å². The Morgan fingerprint density at radius 2 is 1.88 bits per heavy atom. The SMILES string of the molecule is CC(C)(C)[Si](C)(C)OC1CCC(n2cc(Br)c3cnc(Cl)nc32)CC1. The van der Waals surface area contributed by atoms with Gasteiger partial charge >= 0.3 is 0 Å². The van der Waals surface area contributed by atoms with E-state index in [1.807, 2.05) is 0 Å². The molecular weight excluding hydrogens is 418 g/mol. The first-order valence-corrected chi connectivity index (χ1v) is 13.0. The summed E-state index contributed by atoms with van der Waals surface area (Å²) in [6.45, 7) is 11.6. The first-order valence-electron chi connectivity index (χ1n) is 8.95. The third-order valence-corrected chi connectivity index (χ3v) is 11.1. The summed E-state index contributed by atoms with van der Waals surface area (Å²) in [5.41, 5.74) is 0.917. The highest BCUT2D eigenvalue weighted by Gasteiger charge is 2.40. The Balaban J connectivity index is 1.72. The number of fused-ring (bicyclic) bond motifs is 1. The molecule has 0 radical (unpaired) electrons.